The van der Waals surface area contributed by atoms with Crippen molar-refractivity contribution in [2.24, 2.45) is 11.8 Å². The first-order chi connectivity index (χ1) is 16.3. The predicted octanol–water partition coefficient (Wildman–Crippen LogP) is 2.84. The molecule has 2 amide bonds. The molecule has 2 heterocycles. The molecule has 3 aliphatic rings. The highest BCUT2D eigenvalue weighted by Gasteiger charge is 2.68. The third kappa shape index (κ3) is 3.39. The number of carbonyl (C=O) groups excluding carboxylic acids is 2. The molecule has 0 radical (unpaired) electrons. The minimum Gasteiger partial charge on any atom is -0.442 e. The standard InChI is InChI=1S/C24H21F3N4O3/c1-12(32)30-7-15-10-31(23(33)34-15)14-5-20(26)22(21(27)6-14)13-2-3-16(19(25)4-13)24(11-28)17-8-29-9-18(17)24/h2-6,15,17-18,29H,7-10H2,1H3,(H,30,32)/t15-,17-,18+,24+/m0/s1. The van der Waals surface area contributed by atoms with Gasteiger partial charge in [-0.15, -0.1) is 0 Å². The van der Waals surface area contributed by atoms with Gasteiger partial charge in [0.15, 0.2) is 0 Å². The normalized spacial score (nSPS) is 27.2. The first kappa shape index (κ1) is 22.2. The van der Waals surface area contributed by atoms with Crippen LogP contribution in [0.4, 0.5) is 23.7 Å². The smallest absolute Gasteiger partial charge is 0.414 e. The van der Waals surface area contributed by atoms with Gasteiger partial charge in [-0.1, -0.05) is 12.1 Å². The van der Waals surface area contributed by atoms with Crippen molar-refractivity contribution in [3.63, 3.8) is 0 Å². The topological polar surface area (TPSA) is 94.5 Å². The van der Waals surface area contributed by atoms with E-state index in [-0.39, 0.29) is 47.6 Å². The molecule has 0 bridgehead atoms. The number of anilines is 1. The van der Waals surface area contributed by atoms with Crippen LogP contribution in [0.5, 0.6) is 0 Å². The average molecular weight is 470 g/mol. The van der Waals surface area contributed by atoms with Gasteiger partial charge in [-0.3, -0.25) is 9.69 Å². The maximum Gasteiger partial charge on any atom is 0.414 e. The van der Waals surface area contributed by atoms with Crippen LogP contribution < -0.4 is 15.5 Å². The Morgan fingerprint density at radius 3 is 2.47 bits per heavy atom. The molecule has 0 aromatic heterocycles. The van der Waals surface area contributed by atoms with Gasteiger partial charge in [0.25, 0.3) is 0 Å². The number of amides is 2. The number of fused-ring (bicyclic) bond motifs is 1. The van der Waals surface area contributed by atoms with Crippen molar-refractivity contribution in [3.05, 3.63) is 53.3 Å². The van der Waals surface area contributed by atoms with Crippen LogP contribution in [-0.2, 0) is 14.9 Å². The van der Waals surface area contributed by atoms with E-state index in [1.54, 1.807) is 0 Å². The summed E-state index contributed by atoms with van der Waals surface area (Å²) in [5.41, 5.74) is -1.14. The molecule has 5 rings (SSSR count). The number of ether oxygens (including phenoxy) is 1. The average Bonchev–Trinajstić information content (AvgIpc) is 3.10. The molecule has 2 aromatic rings. The van der Waals surface area contributed by atoms with Gasteiger partial charge in [-0.25, -0.2) is 18.0 Å². The van der Waals surface area contributed by atoms with Gasteiger partial charge in [0.2, 0.25) is 5.91 Å². The number of nitriles is 1. The summed E-state index contributed by atoms with van der Waals surface area (Å²) >= 11 is 0. The quantitative estimate of drug-likeness (QED) is 0.701. The van der Waals surface area contributed by atoms with Gasteiger partial charge in [-0.05, 0) is 23.8 Å². The van der Waals surface area contributed by atoms with E-state index < -0.39 is 40.6 Å². The molecule has 3 fully saturated rings. The lowest BCUT2D eigenvalue weighted by Crippen LogP contribution is -2.33. The molecule has 0 spiro atoms. The number of nitrogens with zero attached hydrogens (tertiary/aromatic N) is 2. The van der Waals surface area contributed by atoms with Gasteiger partial charge in [0.05, 0.1) is 35.8 Å². The van der Waals surface area contributed by atoms with Crippen molar-refractivity contribution in [1.29, 1.82) is 5.26 Å². The molecule has 34 heavy (non-hydrogen) atoms. The van der Waals surface area contributed by atoms with E-state index in [0.29, 0.717) is 13.1 Å². The predicted molar refractivity (Wildman–Crippen MR) is 115 cm³/mol. The SMILES string of the molecule is CC(=O)NC[C@H]1CN(c2cc(F)c(-c3ccc([C@@]4(C#N)[C@@H]5CNC[C@@H]54)c(F)c3)c(F)c2)C(=O)O1. The second-order valence-corrected chi connectivity index (χ2v) is 8.88. The fourth-order valence-electron chi connectivity index (χ4n) is 5.26. The summed E-state index contributed by atoms with van der Waals surface area (Å²) in [5, 5.41) is 15.4. The monoisotopic (exact) mass is 470 g/mol. The molecule has 1 aliphatic carbocycles. The Labute approximate surface area is 193 Å². The van der Waals surface area contributed by atoms with Crippen molar-refractivity contribution < 1.29 is 27.5 Å². The van der Waals surface area contributed by atoms with E-state index in [1.165, 1.54) is 19.1 Å². The number of nitrogens with one attached hydrogen (secondary N) is 2. The van der Waals surface area contributed by atoms with E-state index in [1.807, 2.05) is 0 Å². The van der Waals surface area contributed by atoms with Gasteiger partial charge in [0, 0.05) is 37.4 Å². The molecule has 2 saturated heterocycles. The van der Waals surface area contributed by atoms with E-state index in [0.717, 1.165) is 23.1 Å². The lowest BCUT2D eigenvalue weighted by molar-refractivity contribution is -0.119. The molecular weight excluding hydrogens is 449 g/mol. The zero-order valence-electron chi connectivity index (χ0n) is 18.2. The Morgan fingerprint density at radius 2 is 1.88 bits per heavy atom. The number of piperidine rings is 1. The second kappa shape index (κ2) is 8.02. The van der Waals surface area contributed by atoms with Gasteiger partial charge in [-0.2, -0.15) is 5.26 Å². The van der Waals surface area contributed by atoms with E-state index in [4.69, 9.17) is 4.74 Å². The van der Waals surface area contributed by atoms with Crippen molar-refractivity contribution in [3.8, 4) is 17.2 Å². The number of rotatable bonds is 5. The van der Waals surface area contributed by atoms with Crippen LogP contribution in [0.2, 0.25) is 0 Å². The number of hydrogen-bond acceptors (Lipinski definition) is 5. The number of carbonyl (C=O) groups is 2. The van der Waals surface area contributed by atoms with Crippen LogP contribution in [-0.4, -0.2) is 44.3 Å². The summed E-state index contributed by atoms with van der Waals surface area (Å²) in [4.78, 5) is 24.3. The summed E-state index contributed by atoms with van der Waals surface area (Å²) < 4.78 is 50.2. The van der Waals surface area contributed by atoms with Crippen molar-refractivity contribution in [2.45, 2.75) is 18.4 Å². The van der Waals surface area contributed by atoms with Crippen LogP contribution in [0.3, 0.4) is 0 Å². The van der Waals surface area contributed by atoms with Gasteiger partial charge in [0.1, 0.15) is 23.6 Å². The molecule has 2 aliphatic heterocycles. The van der Waals surface area contributed by atoms with Crippen molar-refractivity contribution in [2.75, 3.05) is 31.1 Å². The highest BCUT2D eigenvalue weighted by atomic mass is 19.1. The first-order valence-corrected chi connectivity index (χ1v) is 10.9. The lowest BCUT2D eigenvalue weighted by Gasteiger charge is -2.17. The fraction of sp³-hybridized carbons (Fsp3) is 0.375. The molecular formula is C24H21F3N4O3. The molecule has 2 N–H and O–H groups in total. The Balaban J connectivity index is 1.41. The van der Waals surface area contributed by atoms with Gasteiger partial charge < -0.3 is 15.4 Å². The molecule has 4 atom stereocenters. The zero-order chi connectivity index (χ0) is 24.2. The molecule has 0 unspecified atom stereocenters. The molecule has 2 aromatic carbocycles. The molecule has 1 saturated carbocycles. The maximum absolute atomic E-state index is 15.1. The second-order valence-electron chi connectivity index (χ2n) is 8.88. The largest absolute Gasteiger partial charge is 0.442 e. The molecule has 10 heteroatoms. The lowest BCUT2D eigenvalue weighted by atomic mass is 9.89. The van der Waals surface area contributed by atoms with Crippen molar-refractivity contribution >= 4 is 17.7 Å². The molecule has 176 valence electrons. The Morgan fingerprint density at radius 1 is 1.21 bits per heavy atom. The molecule has 7 nitrogen and oxygen atoms in total. The Hall–Kier alpha value is -3.58. The minimum absolute atomic E-state index is 0.00708. The van der Waals surface area contributed by atoms with E-state index >= 15 is 13.2 Å². The first-order valence-electron chi connectivity index (χ1n) is 10.9. The number of halogens is 3. The zero-order valence-corrected chi connectivity index (χ0v) is 18.2. The Kier molecular flexibility index (Phi) is 5.24. The number of cyclic esters (lactones) is 1. The summed E-state index contributed by atoms with van der Waals surface area (Å²) in [6, 6.07) is 8.12. The van der Waals surface area contributed by atoms with Gasteiger partial charge >= 0.3 is 6.09 Å². The van der Waals surface area contributed by atoms with Crippen molar-refractivity contribution in [1.82, 2.24) is 10.6 Å². The number of hydrogen-bond donors (Lipinski definition) is 2. The number of benzene rings is 2. The fourth-order valence-corrected chi connectivity index (χ4v) is 5.26. The summed E-state index contributed by atoms with van der Waals surface area (Å²) in [5.74, 6) is -2.86. The summed E-state index contributed by atoms with van der Waals surface area (Å²) in [6.45, 7) is 2.67. The highest BCUT2D eigenvalue weighted by molar-refractivity contribution is 5.90. The van der Waals surface area contributed by atoms with Crippen LogP contribution in [0.15, 0.2) is 30.3 Å². The third-order valence-electron chi connectivity index (χ3n) is 6.95. The summed E-state index contributed by atoms with van der Waals surface area (Å²) in [6.07, 6.45) is -1.45. The van der Waals surface area contributed by atoms with Crippen LogP contribution in [0.1, 0.15) is 12.5 Å². The Bertz CT molecular complexity index is 1210. The summed E-state index contributed by atoms with van der Waals surface area (Å²) in [7, 11) is 0. The van der Waals surface area contributed by atoms with Crippen LogP contribution in [0, 0.1) is 40.6 Å². The third-order valence-corrected chi connectivity index (χ3v) is 6.95. The van der Waals surface area contributed by atoms with Crippen LogP contribution >= 0.6 is 0 Å². The maximum atomic E-state index is 15.1. The van der Waals surface area contributed by atoms with Crippen LogP contribution in [0.25, 0.3) is 11.1 Å². The van der Waals surface area contributed by atoms with E-state index in [9.17, 15) is 14.9 Å². The minimum atomic E-state index is -0.970. The highest BCUT2D eigenvalue weighted by Crippen LogP contribution is 2.61. The van der Waals surface area contributed by atoms with E-state index in [2.05, 4.69) is 16.7 Å².